The third kappa shape index (κ3) is 4.39. The van der Waals surface area contributed by atoms with Gasteiger partial charge in [0.15, 0.2) is 6.61 Å². The first-order chi connectivity index (χ1) is 8.94. The van der Waals surface area contributed by atoms with Crippen molar-refractivity contribution < 1.29 is 17.9 Å². The van der Waals surface area contributed by atoms with E-state index in [9.17, 15) is 13.2 Å². The smallest absolute Gasteiger partial charge is 0.422 e. The molecule has 0 unspecified atom stereocenters. The molecule has 2 N–H and O–H groups in total. The van der Waals surface area contributed by atoms with Gasteiger partial charge in [-0.2, -0.15) is 18.2 Å². The Morgan fingerprint density at radius 3 is 2.95 bits per heavy atom. The molecule has 0 spiro atoms. The van der Waals surface area contributed by atoms with E-state index in [1.165, 1.54) is 6.20 Å². The molecule has 0 radical (unpaired) electrons. The Balaban J connectivity index is 2.01. The summed E-state index contributed by atoms with van der Waals surface area (Å²) in [4.78, 5) is 7.74. The van der Waals surface area contributed by atoms with E-state index in [4.69, 9.17) is 11.6 Å². The summed E-state index contributed by atoms with van der Waals surface area (Å²) in [7, 11) is 0. The summed E-state index contributed by atoms with van der Waals surface area (Å²) in [6.45, 7) is 0.196. The van der Waals surface area contributed by atoms with E-state index in [0.29, 0.717) is 0 Å². The monoisotopic (exact) mass is 296 g/mol. The van der Waals surface area contributed by atoms with Crippen LogP contribution in [0.1, 0.15) is 6.42 Å². The Kier molecular flexibility index (Phi) is 4.31. The van der Waals surface area contributed by atoms with Gasteiger partial charge < -0.3 is 15.4 Å². The second-order valence-electron chi connectivity index (χ2n) is 4.08. The van der Waals surface area contributed by atoms with Gasteiger partial charge in [-0.05, 0) is 13.0 Å². The largest absolute Gasteiger partial charge is 0.467 e. The van der Waals surface area contributed by atoms with Crippen LogP contribution in [-0.4, -0.2) is 41.9 Å². The van der Waals surface area contributed by atoms with Crippen molar-refractivity contribution in [1.82, 2.24) is 15.3 Å². The van der Waals surface area contributed by atoms with Gasteiger partial charge >= 0.3 is 6.18 Å². The topological polar surface area (TPSA) is 59.1 Å². The molecule has 1 aromatic heterocycles. The first-order valence-corrected chi connectivity index (χ1v) is 6.01. The van der Waals surface area contributed by atoms with Crippen molar-refractivity contribution in [3.05, 3.63) is 11.2 Å². The molecule has 2 rings (SSSR count). The highest BCUT2D eigenvalue weighted by Gasteiger charge is 2.29. The van der Waals surface area contributed by atoms with Gasteiger partial charge in [-0.3, -0.25) is 0 Å². The first kappa shape index (κ1) is 14.1. The number of nitrogens with zero attached hydrogens (tertiary/aromatic N) is 2. The second-order valence-corrected chi connectivity index (χ2v) is 4.49. The molecule has 0 aromatic carbocycles. The standard InChI is InChI=1S/C10H12ClF3N4O/c11-7-4-16-9(17-6-1-2-15-3-6)18-8(7)19-5-10(12,13)14/h4,6,15H,1-3,5H2,(H,16,17,18)/t6-/m1/s1. The van der Waals surface area contributed by atoms with E-state index < -0.39 is 12.8 Å². The number of alkyl halides is 3. The molecule has 1 atom stereocenters. The molecule has 2 heterocycles. The fourth-order valence-corrected chi connectivity index (χ4v) is 1.78. The maximum atomic E-state index is 12.1. The summed E-state index contributed by atoms with van der Waals surface area (Å²) in [6, 6.07) is 0.150. The molecule has 106 valence electrons. The van der Waals surface area contributed by atoms with E-state index >= 15 is 0 Å². The highest BCUT2D eigenvalue weighted by Crippen LogP contribution is 2.25. The van der Waals surface area contributed by atoms with Crippen LogP contribution in [0.4, 0.5) is 19.1 Å². The molecule has 5 nitrogen and oxygen atoms in total. The Hall–Kier alpha value is -1.28. The van der Waals surface area contributed by atoms with Crippen LogP contribution in [0.5, 0.6) is 5.88 Å². The number of ether oxygens (including phenoxy) is 1. The fraction of sp³-hybridized carbons (Fsp3) is 0.600. The molecule has 0 saturated carbocycles. The Bertz CT molecular complexity index is 437. The third-order valence-corrected chi connectivity index (χ3v) is 2.74. The lowest BCUT2D eigenvalue weighted by Crippen LogP contribution is -2.24. The lowest BCUT2D eigenvalue weighted by atomic mass is 10.3. The zero-order chi connectivity index (χ0) is 13.9. The first-order valence-electron chi connectivity index (χ1n) is 5.63. The number of hydrogen-bond acceptors (Lipinski definition) is 5. The van der Waals surface area contributed by atoms with Crippen molar-refractivity contribution in [1.29, 1.82) is 0 Å². The summed E-state index contributed by atoms with van der Waals surface area (Å²) < 4.78 is 40.7. The highest BCUT2D eigenvalue weighted by atomic mass is 35.5. The highest BCUT2D eigenvalue weighted by molar-refractivity contribution is 6.31. The average Bonchev–Trinajstić information content (AvgIpc) is 2.81. The summed E-state index contributed by atoms with van der Waals surface area (Å²) in [5.41, 5.74) is 0. The van der Waals surface area contributed by atoms with Crippen LogP contribution in [0, 0.1) is 0 Å². The minimum atomic E-state index is -4.43. The van der Waals surface area contributed by atoms with E-state index in [2.05, 4.69) is 25.3 Å². The Labute approximate surface area is 112 Å². The molecular formula is C10H12ClF3N4O. The van der Waals surface area contributed by atoms with Crippen molar-refractivity contribution in [2.24, 2.45) is 0 Å². The van der Waals surface area contributed by atoms with Crippen LogP contribution in [0.3, 0.4) is 0 Å². The van der Waals surface area contributed by atoms with Crippen LogP contribution in [-0.2, 0) is 0 Å². The number of nitrogens with one attached hydrogen (secondary N) is 2. The van der Waals surface area contributed by atoms with Crippen LogP contribution < -0.4 is 15.4 Å². The van der Waals surface area contributed by atoms with Crippen LogP contribution in [0.2, 0.25) is 5.02 Å². The molecule has 0 aliphatic carbocycles. The maximum absolute atomic E-state index is 12.1. The van der Waals surface area contributed by atoms with E-state index in [0.717, 1.165) is 19.5 Å². The van der Waals surface area contributed by atoms with Gasteiger partial charge in [0.1, 0.15) is 5.02 Å². The van der Waals surface area contributed by atoms with Crippen LogP contribution in [0.15, 0.2) is 6.20 Å². The minimum Gasteiger partial charge on any atom is -0.467 e. The Morgan fingerprint density at radius 2 is 2.32 bits per heavy atom. The molecule has 19 heavy (non-hydrogen) atoms. The number of anilines is 1. The molecule has 1 aromatic rings. The molecule has 9 heteroatoms. The number of hydrogen-bond donors (Lipinski definition) is 2. The fourth-order valence-electron chi connectivity index (χ4n) is 1.63. The van der Waals surface area contributed by atoms with Crippen molar-refractivity contribution in [3.63, 3.8) is 0 Å². The zero-order valence-corrected chi connectivity index (χ0v) is 10.6. The van der Waals surface area contributed by atoms with Crippen LogP contribution in [0.25, 0.3) is 0 Å². The van der Waals surface area contributed by atoms with Gasteiger partial charge in [-0.25, -0.2) is 4.98 Å². The maximum Gasteiger partial charge on any atom is 0.422 e. The predicted molar refractivity (Wildman–Crippen MR) is 63.5 cm³/mol. The number of rotatable bonds is 4. The van der Waals surface area contributed by atoms with Gasteiger partial charge in [0.05, 0.1) is 6.20 Å². The van der Waals surface area contributed by atoms with Crippen molar-refractivity contribution in [2.45, 2.75) is 18.6 Å². The summed E-state index contributed by atoms with van der Waals surface area (Å²) in [5, 5.41) is 6.08. The summed E-state index contributed by atoms with van der Waals surface area (Å²) >= 11 is 5.68. The van der Waals surface area contributed by atoms with Crippen LogP contribution >= 0.6 is 11.6 Å². The summed E-state index contributed by atoms with van der Waals surface area (Å²) in [6.07, 6.45) is -2.33. The molecule has 1 aliphatic heterocycles. The Morgan fingerprint density at radius 1 is 1.53 bits per heavy atom. The van der Waals surface area contributed by atoms with E-state index in [-0.39, 0.29) is 22.9 Å². The van der Waals surface area contributed by atoms with Gasteiger partial charge in [0.2, 0.25) is 11.8 Å². The lowest BCUT2D eigenvalue weighted by Gasteiger charge is -2.13. The molecule has 1 aliphatic rings. The lowest BCUT2D eigenvalue weighted by molar-refractivity contribution is -0.154. The van der Waals surface area contributed by atoms with Gasteiger partial charge in [0.25, 0.3) is 0 Å². The number of aromatic nitrogens is 2. The normalized spacial score (nSPS) is 19.5. The molecule has 1 fully saturated rings. The molecule has 0 bridgehead atoms. The number of halogens is 4. The third-order valence-electron chi connectivity index (χ3n) is 2.48. The predicted octanol–water partition coefficient (Wildman–Crippen LogP) is 1.84. The van der Waals surface area contributed by atoms with Gasteiger partial charge in [-0.1, -0.05) is 11.6 Å². The van der Waals surface area contributed by atoms with Crippen molar-refractivity contribution in [2.75, 3.05) is 25.0 Å². The molecular weight excluding hydrogens is 285 g/mol. The van der Waals surface area contributed by atoms with E-state index in [1.54, 1.807) is 0 Å². The molecule has 1 saturated heterocycles. The zero-order valence-electron chi connectivity index (χ0n) is 9.80. The SMILES string of the molecule is FC(F)(F)COc1nc(N[C@@H]2CCNC2)ncc1Cl. The minimum absolute atomic E-state index is 0.0562. The average molecular weight is 297 g/mol. The van der Waals surface area contributed by atoms with Gasteiger partial charge in [0, 0.05) is 12.6 Å². The van der Waals surface area contributed by atoms with Crippen molar-refractivity contribution in [3.8, 4) is 5.88 Å². The molecule has 0 amide bonds. The quantitative estimate of drug-likeness (QED) is 0.888. The van der Waals surface area contributed by atoms with Crippen molar-refractivity contribution >= 4 is 17.5 Å². The second kappa shape index (κ2) is 5.79. The van der Waals surface area contributed by atoms with E-state index in [1.807, 2.05) is 0 Å². The van der Waals surface area contributed by atoms with Gasteiger partial charge in [-0.15, -0.1) is 0 Å². The summed E-state index contributed by atoms with van der Waals surface area (Å²) in [5.74, 6) is -0.0716.